The third-order valence-electron chi connectivity index (χ3n) is 5.74. The molecule has 0 spiro atoms. The number of nitrogens with one attached hydrogen (secondary N) is 2. The summed E-state index contributed by atoms with van der Waals surface area (Å²) in [6.45, 7) is 4.16. The van der Waals surface area contributed by atoms with Crippen LogP contribution in [-0.4, -0.2) is 53.3 Å². The number of hydrogen-bond donors (Lipinski definition) is 4. The standard InChI is InChI=1S/C26H33F3N4O4S/c1-3-33(10-11-34)24(35)15-19(18-6-5-7-20(13-18)26(27,28)29)14-23(38)32-22-9-8-17(12-21(22)30)16-31-25(36)37-4-2/h5-9,12-13,19,34H,3-4,10-11,14-16,30H2,1-2H3,(H,31,36)(H,32,38). The van der Waals surface area contributed by atoms with E-state index in [2.05, 4.69) is 10.6 Å². The number of nitrogens with two attached hydrogens (primary N) is 1. The number of alkyl carbamates (subject to hydrolysis) is 1. The quantitative estimate of drug-likeness (QED) is 0.222. The molecule has 2 aromatic carbocycles. The summed E-state index contributed by atoms with van der Waals surface area (Å²) in [5.41, 5.74) is 7.21. The first-order chi connectivity index (χ1) is 18.0. The Balaban J connectivity index is 2.20. The summed E-state index contributed by atoms with van der Waals surface area (Å²) < 4.78 is 44.9. The van der Waals surface area contributed by atoms with Gasteiger partial charge < -0.3 is 31.1 Å². The SMILES string of the molecule is CCOC(=O)NCc1ccc(NC(=S)CC(CC(=O)N(CC)CCO)c2cccc(C(F)(F)F)c2)c(N)c1. The summed E-state index contributed by atoms with van der Waals surface area (Å²) in [4.78, 5) is 26.1. The van der Waals surface area contributed by atoms with Crippen molar-refractivity contribution >= 4 is 40.6 Å². The van der Waals surface area contributed by atoms with Crippen LogP contribution in [0.2, 0.25) is 0 Å². The molecule has 2 aromatic rings. The van der Waals surface area contributed by atoms with Crippen molar-refractivity contribution < 1.29 is 32.6 Å². The van der Waals surface area contributed by atoms with Crippen molar-refractivity contribution in [1.29, 1.82) is 0 Å². The van der Waals surface area contributed by atoms with Gasteiger partial charge in [-0.2, -0.15) is 13.2 Å². The number of benzene rings is 2. The first-order valence-electron chi connectivity index (χ1n) is 12.1. The number of hydrogen-bond acceptors (Lipinski definition) is 6. The van der Waals surface area contributed by atoms with Gasteiger partial charge in [-0.25, -0.2) is 4.79 Å². The number of nitrogens with zero attached hydrogens (tertiary/aromatic N) is 1. The monoisotopic (exact) mass is 554 g/mol. The van der Waals surface area contributed by atoms with Gasteiger partial charge in [-0.1, -0.05) is 36.5 Å². The van der Waals surface area contributed by atoms with E-state index in [0.717, 1.165) is 17.7 Å². The van der Waals surface area contributed by atoms with Crippen LogP contribution in [0.3, 0.4) is 0 Å². The van der Waals surface area contributed by atoms with E-state index in [0.29, 0.717) is 23.5 Å². The summed E-state index contributed by atoms with van der Waals surface area (Å²) in [6, 6.07) is 9.91. The van der Waals surface area contributed by atoms with Crippen LogP contribution in [0.5, 0.6) is 0 Å². The minimum atomic E-state index is -4.53. The lowest BCUT2D eigenvalue weighted by Crippen LogP contribution is -2.34. The highest BCUT2D eigenvalue weighted by atomic mass is 32.1. The maximum absolute atomic E-state index is 13.4. The molecule has 0 heterocycles. The van der Waals surface area contributed by atoms with E-state index in [1.54, 1.807) is 32.0 Å². The molecule has 2 rings (SSSR count). The number of aliphatic hydroxyl groups is 1. The molecule has 1 unspecified atom stereocenters. The molecule has 0 fully saturated rings. The number of rotatable bonds is 12. The Bertz CT molecular complexity index is 1110. The number of carbonyl (C=O) groups is 2. The lowest BCUT2D eigenvalue weighted by atomic mass is 9.90. The summed E-state index contributed by atoms with van der Waals surface area (Å²) in [6.07, 6.45) is -5.09. The molecule has 12 heteroatoms. The minimum absolute atomic E-state index is 0.0880. The Hall–Kier alpha value is -3.38. The molecule has 208 valence electrons. The van der Waals surface area contributed by atoms with Crippen LogP contribution < -0.4 is 16.4 Å². The predicted molar refractivity (Wildman–Crippen MR) is 144 cm³/mol. The third-order valence-corrected chi connectivity index (χ3v) is 6.01. The van der Waals surface area contributed by atoms with Gasteiger partial charge in [0.15, 0.2) is 0 Å². The topological polar surface area (TPSA) is 117 Å². The Morgan fingerprint density at radius 1 is 1.16 bits per heavy atom. The van der Waals surface area contributed by atoms with Crippen LogP contribution in [0.25, 0.3) is 0 Å². The van der Waals surface area contributed by atoms with E-state index in [-0.39, 0.29) is 50.0 Å². The van der Waals surface area contributed by atoms with Gasteiger partial charge in [0, 0.05) is 32.5 Å². The van der Waals surface area contributed by atoms with Gasteiger partial charge >= 0.3 is 12.3 Å². The number of ether oxygens (including phenoxy) is 1. The Kier molecular flexibility index (Phi) is 11.8. The average Bonchev–Trinajstić information content (AvgIpc) is 2.86. The van der Waals surface area contributed by atoms with Gasteiger partial charge in [0.2, 0.25) is 5.91 Å². The minimum Gasteiger partial charge on any atom is -0.450 e. The molecular formula is C26H33F3N4O4S. The van der Waals surface area contributed by atoms with E-state index < -0.39 is 23.8 Å². The Labute approximate surface area is 225 Å². The van der Waals surface area contributed by atoms with Gasteiger partial charge in [0.1, 0.15) is 0 Å². The van der Waals surface area contributed by atoms with Gasteiger partial charge in [-0.15, -0.1) is 0 Å². The third kappa shape index (κ3) is 9.49. The zero-order valence-electron chi connectivity index (χ0n) is 21.3. The maximum Gasteiger partial charge on any atom is 0.416 e. The molecule has 0 aliphatic heterocycles. The van der Waals surface area contributed by atoms with E-state index in [1.807, 2.05) is 0 Å². The average molecular weight is 555 g/mol. The van der Waals surface area contributed by atoms with Crippen molar-refractivity contribution in [3.05, 3.63) is 59.2 Å². The van der Waals surface area contributed by atoms with Gasteiger partial charge in [-0.05, 0) is 49.1 Å². The molecule has 0 aromatic heterocycles. The fourth-order valence-corrected chi connectivity index (χ4v) is 4.13. The summed E-state index contributed by atoms with van der Waals surface area (Å²) >= 11 is 5.50. The van der Waals surface area contributed by atoms with Gasteiger partial charge in [0.05, 0.1) is 35.1 Å². The molecule has 0 bridgehead atoms. The molecule has 0 saturated carbocycles. The lowest BCUT2D eigenvalue weighted by Gasteiger charge is -2.25. The van der Waals surface area contributed by atoms with Crippen molar-refractivity contribution in [3.63, 3.8) is 0 Å². The predicted octanol–water partition coefficient (Wildman–Crippen LogP) is 4.68. The molecule has 0 saturated heterocycles. The van der Waals surface area contributed by atoms with E-state index >= 15 is 0 Å². The first kappa shape index (κ1) is 30.8. The fraction of sp³-hybridized carbons (Fsp3) is 0.423. The number of thiocarbonyl (C=S) groups is 1. The van der Waals surface area contributed by atoms with Crippen molar-refractivity contribution in [3.8, 4) is 0 Å². The zero-order valence-corrected chi connectivity index (χ0v) is 22.1. The lowest BCUT2D eigenvalue weighted by molar-refractivity contribution is -0.137. The summed E-state index contributed by atoms with van der Waals surface area (Å²) in [5.74, 6) is -0.948. The van der Waals surface area contributed by atoms with Crippen molar-refractivity contribution in [2.75, 3.05) is 37.4 Å². The smallest absolute Gasteiger partial charge is 0.416 e. The highest BCUT2D eigenvalue weighted by Crippen LogP contribution is 2.33. The number of alkyl halides is 3. The van der Waals surface area contributed by atoms with Crippen molar-refractivity contribution in [2.45, 2.75) is 45.3 Å². The molecule has 8 nitrogen and oxygen atoms in total. The zero-order chi connectivity index (χ0) is 28.3. The fourth-order valence-electron chi connectivity index (χ4n) is 3.81. The second-order valence-electron chi connectivity index (χ2n) is 8.47. The summed E-state index contributed by atoms with van der Waals surface area (Å²) in [5, 5.41) is 14.9. The van der Waals surface area contributed by atoms with E-state index in [4.69, 9.17) is 22.7 Å². The second-order valence-corrected chi connectivity index (χ2v) is 8.96. The van der Waals surface area contributed by atoms with Crippen LogP contribution in [-0.2, 0) is 22.3 Å². The number of amides is 2. The van der Waals surface area contributed by atoms with Crippen LogP contribution in [0, 0.1) is 0 Å². The number of halogens is 3. The number of likely N-dealkylation sites (N-methyl/N-ethyl adjacent to an activating group) is 1. The normalized spacial score (nSPS) is 11.9. The van der Waals surface area contributed by atoms with Crippen molar-refractivity contribution in [1.82, 2.24) is 10.2 Å². The highest BCUT2D eigenvalue weighted by molar-refractivity contribution is 7.80. The summed E-state index contributed by atoms with van der Waals surface area (Å²) in [7, 11) is 0. The molecule has 2 amide bonds. The Morgan fingerprint density at radius 2 is 1.89 bits per heavy atom. The number of anilines is 2. The Morgan fingerprint density at radius 3 is 2.50 bits per heavy atom. The molecule has 1 atom stereocenters. The first-order valence-corrected chi connectivity index (χ1v) is 12.5. The molecular weight excluding hydrogens is 521 g/mol. The molecule has 38 heavy (non-hydrogen) atoms. The number of aliphatic hydroxyl groups excluding tert-OH is 1. The van der Waals surface area contributed by atoms with Gasteiger partial charge in [0.25, 0.3) is 0 Å². The molecule has 0 aliphatic carbocycles. The van der Waals surface area contributed by atoms with Crippen molar-refractivity contribution in [2.24, 2.45) is 0 Å². The molecule has 0 aliphatic rings. The van der Waals surface area contributed by atoms with Crippen LogP contribution in [0.1, 0.15) is 49.3 Å². The van der Waals surface area contributed by atoms with E-state index in [9.17, 15) is 27.9 Å². The molecule has 5 N–H and O–H groups in total. The number of nitrogen functional groups attached to an aromatic ring is 1. The van der Waals surface area contributed by atoms with Crippen LogP contribution >= 0.6 is 12.2 Å². The van der Waals surface area contributed by atoms with Crippen LogP contribution in [0.4, 0.5) is 29.3 Å². The largest absolute Gasteiger partial charge is 0.450 e. The van der Waals surface area contributed by atoms with Crippen LogP contribution in [0.15, 0.2) is 42.5 Å². The second kappa shape index (κ2) is 14.5. The van der Waals surface area contributed by atoms with E-state index in [1.165, 1.54) is 17.0 Å². The number of carbonyl (C=O) groups excluding carboxylic acids is 2. The maximum atomic E-state index is 13.4. The molecule has 0 radical (unpaired) electrons. The highest BCUT2D eigenvalue weighted by Gasteiger charge is 2.31. The van der Waals surface area contributed by atoms with Gasteiger partial charge in [-0.3, -0.25) is 4.79 Å².